The highest BCUT2D eigenvalue weighted by molar-refractivity contribution is 5.96. The van der Waals surface area contributed by atoms with Crippen molar-refractivity contribution in [3.8, 4) is 28.3 Å². The minimum atomic E-state index is -1.19. The van der Waals surface area contributed by atoms with E-state index in [1.54, 1.807) is 6.07 Å². The number of aromatic nitrogens is 2. The first kappa shape index (κ1) is 17.2. The summed E-state index contributed by atoms with van der Waals surface area (Å²) in [5.74, 6) is -1.99. The van der Waals surface area contributed by atoms with Crippen LogP contribution in [0.5, 0.6) is 5.75 Å². The van der Waals surface area contributed by atoms with Crippen molar-refractivity contribution in [3.63, 3.8) is 0 Å². The average Bonchev–Trinajstić information content (AvgIpc) is 3.09. The fourth-order valence-electron chi connectivity index (χ4n) is 2.35. The first-order valence-electron chi connectivity index (χ1n) is 7.67. The molecular formula is C18H15N3O5. The fourth-order valence-corrected chi connectivity index (χ4v) is 2.35. The van der Waals surface area contributed by atoms with Gasteiger partial charge >= 0.3 is 5.97 Å². The fraction of sp³-hybridized carbons (Fsp3) is 0.111. The van der Waals surface area contributed by atoms with Gasteiger partial charge in [0.05, 0.1) is 0 Å². The summed E-state index contributed by atoms with van der Waals surface area (Å²) in [4.78, 5) is 26.2. The zero-order valence-electron chi connectivity index (χ0n) is 13.8. The van der Waals surface area contributed by atoms with Gasteiger partial charge in [-0.25, -0.2) is 4.98 Å². The molecule has 0 fully saturated rings. The highest BCUT2D eigenvalue weighted by Gasteiger charge is 2.17. The molecule has 132 valence electrons. The Morgan fingerprint density at radius 3 is 2.69 bits per heavy atom. The summed E-state index contributed by atoms with van der Waals surface area (Å²) in [5.41, 5.74) is 2.77. The predicted octanol–water partition coefficient (Wildman–Crippen LogP) is 2.23. The van der Waals surface area contributed by atoms with Gasteiger partial charge in [0.15, 0.2) is 11.5 Å². The standard InChI is InChI=1S/C18H15N3O5/c1-10-3-2-4-11(5-10)13-7-15(26-21-13)12-6-14(22)17(19-8-12)18(25)20-9-16(23)24/h2-8,22H,9H2,1H3,(H,20,25)(H,23,24). The number of carboxylic acid groups (broad SMARTS) is 1. The normalized spacial score (nSPS) is 10.5. The van der Waals surface area contributed by atoms with Crippen molar-refractivity contribution in [2.75, 3.05) is 6.54 Å². The van der Waals surface area contributed by atoms with Crippen LogP contribution < -0.4 is 5.32 Å². The second kappa shape index (κ2) is 7.06. The average molecular weight is 353 g/mol. The van der Waals surface area contributed by atoms with Gasteiger partial charge in [-0.15, -0.1) is 0 Å². The van der Waals surface area contributed by atoms with Gasteiger partial charge in [-0.1, -0.05) is 28.9 Å². The molecule has 0 saturated carbocycles. The van der Waals surface area contributed by atoms with E-state index >= 15 is 0 Å². The number of amides is 1. The topological polar surface area (TPSA) is 126 Å². The predicted molar refractivity (Wildman–Crippen MR) is 91.5 cm³/mol. The lowest BCUT2D eigenvalue weighted by atomic mass is 10.1. The molecule has 0 spiro atoms. The van der Waals surface area contributed by atoms with E-state index in [1.165, 1.54) is 12.3 Å². The van der Waals surface area contributed by atoms with Crippen molar-refractivity contribution >= 4 is 11.9 Å². The third-order valence-corrected chi connectivity index (χ3v) is 3.59. The minimum absolute atomic E-state index is 0.270. The number of carboxylic acids is 1. The highest BCUT2D eigenvalue weighted by atomic mass is 16.5. The third-order valence-electron chi connectivity index (χ3n) is 3.59. The second-order valence-corrected chi connectivity index (χ2v) is 5.61. The van der Waals surface area contributed by atoms with Gasteiger partial charge in [0.25, 0.3) is 5.91 Å². The number of benzene rings is 1. The number of hydrogen-bond acceptors (Lipinski definition) is 6. The molecule has 3 aromatic rings. The Balaban J connectivity index is 1.84. The summed E-state index contributed by atoms with van der Waals surface area (Å²) in [7, 11) is 0. The molecule has 0 bridgehead atoms. The van der Waals surface area contributed by atoms with Crippen LogP contribution in [0.2, 0.25) is 0 Å². The number of nitrogens with one attached hydrogen (secondary N) is 1. The summed E-state index contributed by atoms with van der Waals surface area (Å²) in [5, 5.41) is 24.7. The smallest absolute Gasteiger partial charge is 0.322 e. The molecule has 1 aromatic carbocycles. The van der Waals surface area contributed by atoms with Gasteiger partial charge in [-0.2, -0.15) is 0 Å². The van der Waals surface area contributed by atoms with Crippen molar-refractivity contribution in [3.05, 3.63) is 53.9 Å². The summed E-state index contributed by atoms with van der Waals surface area (Å²) >= 11 is 0. The molecule has 0 aliphatic heterocycles. The molecule has 1 amide bonds. The van der Waals surface area contributed by atoms with Crippen molar-refractivity contribution < 1.29 is 24.3 Å². The van der Waals surface area contributed by atoms with Crippen molar-refractivity contribution in [1.29, 1.82) is 0 Å². The van der Waals surface area contributed by atoms with Crippen LogP contribution in [0.4, 0.5) is 0 Å². The Morgan fingerprint density at radius 1 is 1.19 bits per heavy atom. The molecule has 8 nitrogen and oxygen atoms in total. The number of rotatable bonds is 5. The molecule has 0 saturated heterocycles. The molecule has 0 aliphatic carbocycles. The summed E-state index contributed by atoms with van der Waals surface area (Å²) in [6.45, 7) is 1.41. The number of aromatic hydroxyl groups is 1. The zero-order chi connectivity index (χ0) is 18.7. The van der Waals surface area contributed by atoms with Crippen LogP contribution in [0.1, 0.15) is 16.1 Å². The van der Waals surface area contributed by atoms with Gasteiger partial charge in [-0.05, 0) is 19.1 Å². The van der Waals surface area contributed by atoms with Gasteiger partial charge in [0.2, 0.25) is 0 Å². The molecule has 3 N–H and O–H groups in total. The summed E-state index contributed by atoms with van der Waals surface area (Å²) in [6, 6.07) is 10.8. The molecule has 2 heterocycles. The van der Waals surface area contributed by atoms with E-state index in [-0.39, 0.29) is 11.4 Å². The van der Waals surface area contributed by atoms with Gasteiger partial charge in [-0.3, -0.25) is 9.59 Å². The zero-order valence-corrected chi connectivity index (χ0v) is 13.8. The van der Waals surface area contributed by atoms with Crippen LogP contribution in [-0.2, 0) is 4.79 Å². The number of nitrogens with zero attached hydrogens (tertiary/aromatic N) is 2. The maximum Gasteiger partial charge on any atom is 0.322 e. The van der Waals surface area contributed by atoms with Crippen LogP contribution in [0.15, 0.2) is 47.1 Å². The number of aryl methyl sites for hydroxylation is 1. The lowest BCUT2D eigenvalue weighted by Gasteiger charge is -2.05. The van der Waals surface area contributed by atoms with Crippen molar-refractivity contribution in [2.24, 2.45) is 0 Å². The van der Waals surface area contributed by atoms with Crippen molar-refractivity contribution in [1.82, 2.24) is 15.5 Å². The first-order valence-corrected chi connectivity index (χ1v) is 7.67. The van der Waals surface area contributed by atoms with Crippen LogP contribution in [0.25, 0.3) is 22.6 Å². The Bertz CT molecular complexity index is 980. The van der Waals surface area contributed by atoms with Crippen LogP contribution >= 0.6 is 0 Å². The summed E-state index contributed by atoms with van der Waals surface area (Å²) < 4.78 is 5.30. The van der Waals surface area contributed by atoms with Gasteiger partial charge < -0.3 is 20.1 Å². The summed E-state index contributed by atoms with van der Waals surface area (Å²) in [6.07, 6.45) is 1.34. The van der Waals surface area contributed by atoms with Crippen molar-refractivity contribution in [2.45, 2.75) is 6.92 Å². The van der Waals surface area contributed by atoms with Gasteiger partial charge in [0, 0.05) is 23.4 Å². The molecular weight excluding hydrogens is 338 g/mol. The largest absolute Gasteiger partial charge is 0.505 e. The Labute approximate surface area is 148 Å². The molecule has 26 heavy (non-hydrogen) atoms. The van der Waals surface area contributed by atoms with E-state index in [4.69, 9.17) is 9.63 Å². The lowest BCUT2D eigenvalue weighted by Crippen LogP contribution is -2.29. The molecule has 0 atom stereocenters. The Morgan fingerprint density at radius 2 is 2.00 bits per heavy atom. The van der Waals surface area contributed by atoms with Crippen LogP contribution in [0.3, 0.4) is 0 Å². The van der Waals surface area contributed by atoms with Gasteiger partial charge in [0.1, 0.15) is 18.0 Å². The minimum Gasteiger partial charge on any atom is -0.505 e. The molecule has 8 heteroatoms. The molecule has 0 unspecified atom stereocenters. The maximum atomic E-state index is 11.8. The molecule has 0 aliphatic rings. The lowest BCUT2D eigenvalue weighted by molar-refractivity contribution is -0.135. The SMILES string of the molecule is Cc1cccc(-c2cc(-c3cnc(C(=O)NCC(=O)O)c(O)c3)on2)c1. The number of pyridine rings is 1. The Hall–Kier alpha value is -3.68. The molecule has 2 aromatic heterocycles. The number of hydrogen-bond donors (Lipinski definition) is 3. The monoisotopic (exact) mass is 353 g/mol. The van der Waals surface area contributed by atoms with E-state index in [2.05, 4.69) is 15.5 Å². The molecule has 3 rings (SSSR count). The van der Waals surface area contributed by atoms with E-state index in [0.717, 1.165) is 11.1 Å². The van der Waals surface area contributed by atoms with E-state index < -0.39 is 18.4 Å². The van der Waals surface area contributed by atoms with E-state index in [0.29, 0.717) is 17.0 Å². The Kier molecular flexibility index (Phi) is 4.66. The van der Waals surface area contributed by atoms with E-state index in [1.807, 2.05) is 31.2 Å². The third kappa shape index (κ3) is 3.69. The second-order valence-electron chi connectivity index (χ2n) is 5.61. The van der Waals surface area contributed by atoms with Crippen LogP contribution in [0, 0.1) is 6.92 Å². The molecule has 0 radical (unpaired) electrons. The maximum absolute atomic E-state index is 11.8. The van der Waals surface area contributed by atoms with Crippen LogP contribution in [-0.4, -0.2) is 38.8 Å². The number of aliphatic carboxylic acids is 1. The first-order chi connectivity index (χ1) is 12.4. The van der Waals surface area contributed by atoms with E-state index in [9.17, 15) is 14.7 Å². The quantitative estimate of drug-likeness (QED) is 0.642. The highest BCUT2D eigenvalue weighted by Crippen LogP contribution is 2.28. The number of carbonyl (C=O) groups excluding carboxylic acids is 1. The number of carbonyl (C=O) groups is 2.